The summed E-state index contributed by atoms with van der Waals surface area (Å²) < 4.78 is 93.3. The van der Waals surface area contributed by atoms with Crippen LogP contribution < -0.4 is 9.62 Å². The zero-order valence-corrected chi connectivity index (χ0v) is 16.0. The van der Waals surface area contributed by atoms with Crippen molar-refractivity contribution in [1.29, 1.82) is 0 Å². The fraction of sp³-hybridized carbons (Fsp3) is 0.412. The van der Waals surface area contributed by atoms with Crippen molar-refractivity contribution in [2.24, 2.45) is 0 Å². The van der Waals surface area contributed by atoms with Gasteiger partial charge in [-0.1, -0.05) is 6.07 Å². The van der Waals surface area contributed by atoms with Crippen molar-refractivity contribution >= 4 is 15.8 Å². The van der Waals surface area contributed by atoms with E-state index in [4.69, 9.17) is 0 Å². The van der Waals surface area contributed by atoms with E-state index in [0.717, 1.165) is 24.3 Å². The van der Waals surface area contributed by atoms with Gasteiger partial charge < -0.3 is 4.90 Å². The number of aromatic nitrogens is 2. The van der Waals surface area contributed by atoms with Crippen LogP contribution in [0.25, 0.3) is 0 Å². The second-order valence-electron chi connectivity index (χ2n) is 6.59. The largest absolute Gasteiger partial charge is 0.433 e. The number of nitrogens with zero attached hydrogens (tertiary/aromatic N) is 3. The van der Waals surface area contributed by atoms with Crippen molar-refractivity contribution in [3.63, 3.8) is 0 Å². The summed E-state index contributed by atoms with van der Waals surface area (Å²) in [6, 6.07) is 2.96. The molecule has 1 aromatic heterocycles. The first-order chi connectivity index (χ1) is 13.5. The molecule has 1 fully saturated rings. The topological polar surface area (TPSA) is 75.2 Å². The molecule has 1 aromatic carbocycles. The minimum Gasteiger partial charge on any atom is -0.356 e. The lowest BCUT2D eigenvalue weighted by Crippen LogP contribution is -2.45. The second-order valence-corrected chi connectivity index (χ2v) is 8.24. The highest BCUT2D eigenvalue weighted by Crippen LogP contribution is 2.30. The van der Waals surface area contributed by atoms with E-state index in [1.807, 2.05) is 0 Å². The van der Waals surface area contributed by atoms with Crippen molar-refractivity contribution in [3.8, 4) is 0 Å². The maximum Gasteiger partial charge on any atom is 0.433 e. The Morgan fingerprint density at radius 3 is 2.24 bits per heavy atom. The summed E-state index contributed by atoms with van der Waals surface area (Å²) in [5.74, 6) is -2.35. The molecule has 1 aliphatic heterocycles. The van der Waals surface area contributed by atoms with E-state index in [9.17, 15) is 30.4 Å². The summed E-state index contributed by atoms with van der Waals surface area (Å²) in [5, 5.41) is 0. The number of hydrogen-bond acceptors (Lipinski definition) is 5. The molecular weight excluding hydrogens is 419 g/mol. The molecule has 1 aliphatic rings. The number of piperidine rings is 1. The zero-order chi connectivity index (χ0) is 21.4. The van der Waals surface area contributed by atoms with Crippen LogP contribution >= 0.6 is 0 Å². The summed E-state index contributed by atoms with van der Waals surface area (Å²) in [5.41, 5.74) is -1.06. The van der Waals surface area contributed by atoms with Gasteiger partial charge in [-0.25, -0.2) is 31.9 Å². The standard InChI is InChI=1S/C17H17F5N4O2S/c1-10-23-14(17(20,21)22)9-15(24-10)26-7-5-11(6-8-26)25-29(27,28)16-12(18)3-2-4-13(16)19/h2-4,9,11,25H,5-8H2,1H3. The van der Waals surface area contributed by atoms with E-state index in [1.165, 1.54) is 6.92 Å². The van der Waals surface area contributed by atoms with E-state index in [2.05, 4.69) is 14.7 Å². The van der Waals surface area contributed by atoms with Gasteiger partial charge in [0.1, 0.15) is 29.0 Å². The van der Waals surface area contributed by atoms with Gasteiger partial charge in [0.05, 0.1) is 0 Å². The number of benzene rings is 1. The third-order valence-corrected chi connectivity index (χ3v) is 6.01. The Morgan fingerprint density at radius 1 is 1.10 bits per heavy atom. The van der Waals surface area contributed by atoms with Crippen molar-refractivity contribution in [2.45, 2.75) is 36.9 Å². The van der Waals surface area contributed by atoms with Crippen LogP contribution in [0.2, 0.25) is 0 Å². The molecule has 12 heteroatoms. The molecule has 0 unspecified atom stereocenters. The van der Waals surface area contributed by atoms with Gasteiger partial charge in [0, 0.05) is 25.2 Å². The van der Waals surface area contributed by atoms with Crippen LogP contribution in [0.1, 0.15) is 24.4 Å². The number of rotatable bonds is 4. The summed E-state index contributed by atoms with van der Waals surface area (Å²) in [4.78, 5) is 7.94. The fourth-order valence-corrected chi connectivity index (χ4v) is 4.55. The molecule has 0 aliphatic carbocycles. The molecule has 1 N–H and O–H groups in total. The highest BCUT2D eigenvalue weighted by atomic mass is 32.2. The van der Waals surface area contributed by atoms with Gasteiger partial charge in [-0.2, -0.15) is 13.2 Å². The summed E-state index contributed by atoms with van der Waals surface area (Å²) in [7, 11) is -4.43. The van der Waals surface area contributed by atoms with Crippen molar-refractivity contribution in [1.82, 2.24) is 14.7 Å². The fourth-order valence-electron chi connectivity index (χ4n) is 3.10. The summed E-state index contributed by atoms with van der Waals surface area (Å²) in [6.45, 7) is 1.77. The lowest BCUT2D eigenvalue weighted by Gasteiger charge is -2.33. The van der Waals surface area contributed by atoms with Gasteiger partial charge in [0.15, 0.2) is 4.90 Å². The first-order valence-electron chi connectivity index (χ1n) is 8.61. The molecule has 2 heterocycles. The Bertz CT molecular complexity index is 985. The Kier molecular flexibility index (Phi) is 5.77. The van der Waals surface area contributed by atoms with Crippen LogP contribution in [0.5, 0.6) is 0 Å². The van der Waals surface area contributed by atoms with Gasteiger partial charge in [0.25, 0.3) is 0 Å². The Hall–Kier alpha value is -2.34. The predicted molar refractivity (Wildman–Crippen MR) is 93.7 cm³/mol. The van der Waals surface area contributed by atoms with E-state index < -0.39 is 44.5 Å². The van der Waals surface area contributed by atoms with Crippen LogP contribution in [-0.4, -0.2) is 37.5 Å². The smallest absolute Gasteiger partial charge is 0.356 e. The van der Waals surface area contributed by atoms with Crippen LogP contribution in [0.15, 0.2) is 29.2 Å². The van der Waals surface area contributed by atoms with Gasteiger partial charge in [-0.15, -0.1) is 0 Å². The molecule has 0 amide bonds. The van der Waals surface area contributed by atoms with Crippen molar-refractivity contribution < 1.29 is 30.4 Å². The highest BCUT2D eigenvalue weighted by molar-refractivity contribution is 7.89. The quantitative estimate of drug-likeness (QED) is 0.746. The first-order valence-corrected chi connectivity index (χ1v) is 10.1. The maximum atomic E-state index is 13.8. The Labute approximate surface area is 163 Å². The minimum absolute atomic E-state index is 0.0346. The molecule has 0 radical (unpaired) electrons. The average molecular weight is 436 g/mol. The number of hydrogen-bond donors (Lipinski definition) is 1. The highest BCUT2D eigenvalue weighted by Gasteiger charge is 2.34. The van der Waals surface area contributed by atoms with Crippen molar-refractivity contribution in [2.75, 3.05) is 18.0 Å². The number of aryl methyl sites for hydroxylation is 1. The lowest BCUT2D eigenvalue weighted by atomic mass is 10.1. The molecule has 3 rings (SSSR count). The maximum absolute atomic E-state index is 13.8. The molecule has 158 valence electrons. The number of halogens is 5. The van der Waals surface area contributed by atoms with Crippen LogP contribution in [-0.2, 0) is 16.2 Å². The van der Waals surface area contributed by atoms with E-state index in [0.29, 0.717) is 0 Å². The van der Waals surface area contributed by atoms with Gasteiger partial charge in [-0.05, 0) is 31.9 Å². The second kappa shape index (κ2) is 7.82. The summed E-state index contributed by atoms with van der Waals surface area (Å²) in [6.07, 6.45) is -4.17. The molecule has 0 atom stereocenters. The molecule has 1 saturated heterocycles. The Balaban J connectivity index is 1.71. The monoisotopic (exact) mass is 436 g/mol. The molecule has 0 bridgehead atoms. The third-order valence-electron chi connectivity index (χ3n) is 4.44. The predicted octanol–water partition coefficient (Wildman–Crippen LogP) is 3.03. The molecule has 2 aromatic rings. The van der Waals surface area contributed by atoms with E-state index in [-0.39, 0.29) is 37.6 Å². The van der Waals surface area contributed by atoms with Gasteiger partial charge >= 0.3 is 6.18 Å². The van der Waals surface area contributed by atoms with E-state index >= 15 is 0 Å². The SMILES string of the molecule is Cc1nc(N2CCC(NS(=O)(=O)c3c(F)cccc3F)CC2)cc(C(F)(F)F)n1. The number of alkyl halides is 3. The van der Waals surface area contributed by atoms with Crippen LogP contribution in [0.4, 0.5) is 27.8 Å². The lowest BCUT2D eigenvalue weighted by molar-refractivity contribution is -0.141. The number of nitrogens with one attached hydrogen (secondary N) is 1. The average Bonchev–Trinajstić information content (AvgIpc) is 2.60. The molecular formula is C17H17F5N4O2S. The molecule has 6 nitrogen and oxygen atoms in total. The first kappa shape index (κ1) is 21.4. The number of sulfonamides is 1. The molecule has 0 spiro atoms. The molecule has 0 saturated carbocycles. The normalized spacial score (nSPS) is 16.3. The van der Waals surface area contributed by atoms with Crippen molar-refractivity contribution in [3.05, 3.63) is 47.4 Å². The summed E-state index contributed by atoms with van der Waals surface area (Å²) >= 11 is 0. The Morgan fingerprint density at radius 2 is 1.69 bits per heavy atom. The molecule has 29 heavy (non-hydrogen) atoms. The minimum atomic E-state index is -4.61. The van der Waals surface area contributed by atoms with E-state index in [1.54, 1.807) is 4.90 Å². The zero-order valence-electron chi connectivity index (χ0n) is 15.2. The van der Waals surface area contributed by atoms with Gasteiger partial charge in [-0.3, -0.25) is 0 Å². The number of anilines is 1. The third kappa shape index (κ3) is 4.81. The van der Waals surface area contributed by atoms with Crippen LogP contribution in [0, 0.1) is 18.6 Å². The van der Waals surface area contributed by atoms with Gasteiger partial charge in [0.2, 0.25) is 10.0 Å². The van der Waals surface area contributed by atoms with Crippen LogP contribution in [0.3, 0.4) is 0 Å².